The van der Waals surface area contributed by atoms with Crippen LogP contribution in [0, 0.1) is 22.7 Å². The highest BCUT2D eigenvalue weighted by atomic mass is 16.4. The number of rotatable bonds is 1. The third-order valence-electron chi connectivity index (χ3n) is 4.29. The molecular weight excluding hydrogens is 176 g/mol. The fraction of sp³-hybridized carbons (Fsp3) is 0.917. The number of hydrogen-bond donors (Lipinski definition) is 1. The molecule has 2 nitrogen and oxygen atoms in total. The summed E-state index contributed by atoms with van der Waals surface area (Å²) in [5, 5.41) is 8.81. The molecule has 2 aliphatic carbocycles. The Bertz CT molecular complexity index is 248. The Balaban J connectivity index is 1.83. The first kappa shape index (κ1) is 10.0. The molecule has 2 rings (SSSR count). The Morgan fingerprint density at radius 1 is 1.21 bits per heavy atom. The molecule has 0 amide bonds. The second-order valence-corrected chi connectivity index (χ2v) is 6.41. The van der Waals surface area contributed by atoms with E-state index in [1.165, 1.54) is 12.8 Å². The van der Waals surface area contributed by atoms with E-state index >= 15 is 0 Å². The van der Waals surface area contributed by atoms with Crippen molar-refractivity contribution in [1.29, 1.82) is 0 Å². The van der Waals surface area contributed by atoms with Crippen LogP contribution in [0.1, 0.15) is 46.5 Å². The highest BCUT2D eigenvalue weighted by Crippen LogP contribution is 2.64. The van der Waals surface area contributed by atoms with Gasteiger partial charge >= 0.3 is 5.97 Å². The fourth-order valence-corrected chi connectivity index (χ4v) is 3.09. The molecule has 0 saturated heterocycles. The molecule has 1 N–H and O–H groups in total. The van der Waals surface area contributed by atoms with Crippen LogP contribution < -0.4 is 0 Å². The molecular formula is C12H20O2. The lowest BCUT2D eigenvalue weighted by Crippen LogP contribution is -2.52. The van der Waals surface area contributed by atoms with Gasteiger partial charge in [-0.25, -0.2) is 0 Å². The largest absolute Gasteiger partial charge is 0.481 e. The van der Waals surface area contributed by atoms with Crippen LogP contribution in [0.5, 0.6) is 0 Å². The van der Waals surface area contributed by atoms with Gasteiger partial charge in [-0.2, -0.15) is 0 Å². The van der Waals surface area contributed by atoms with Crippen LogP contribution in [0.2, 0.25) is 0 Å². The first-order chi connectivity index (χ1) is 6.32. The van der Waals surface area contributed by atoms with Gasteiger partial charge in [0.05, 0.1) is 5.92 Å². The lowest BCUT2D eigenvalue weighted by molar-refractivity contribution is -0.162. The minimum atomic E-state index is -0.588. The van der Waals surface area contributed by atoms with Gasteiger partial charge in [-0.3, -0.25) is 4.79 Å². The maximum atomic E-state index is 10.7. The Hall–Kier alpha value is -0.530. The molecule has 0 bridgehead atoms. The van der Waals surface area contributed by atoms with Gasteiger partial charge in [0, 0.05) is 0 Å². The van der Waals surface area contributed by atoms with Gasteiger partial charge in [-0.1, -0.05) is 20.8 Å². The van der Waals surface area contributed by atoms with Gasteiger partial charge in [0.15, 0.2) is 0 Å². The zero-order valence-corrected chi connectivity index (χ0v) is 9.34. The molecule has 2 saturated carbocycles. The van der Waals surface area contributed by atoms with Crippen molar-refractivity contribution in [3.63, 3.8) is 0 Å². The lowest BCUT2D eigenvalue weighted by atomic mass is 9.44. The number of aliphatic carboxylic acids is 1. The second-order valence-electron chi connectivity index (χ2n) is 6.41. The van der Waals surface area contributed by atoms with Gasteiger partial charge in [0.2, 0.25) is 0 Å². The summed E-state index contributed by atoms with van der Waals surface area (Å²) in [6.45, 7) is 6.87. The summed E-state index contributed by atoms with van der Waals surface area (Å²) in [4.78, 5) is 10.7. The van der Waals surface area contributed by atoms with Crippen LogP contribution in [-0.4, -0.2) is 11.1 Å². The van der Waals surface area contributed by atoms with E-state index in [2.05, 4.69) is 20.8 Å². The molecule has 0 aliphatic heterocycles. The van der Waals surface area contributed by atoms with E-state index in [1.807, 2.05) is 0 Å². The van der Waals surface area contributed by atoms with Gasteiger partial charge < -0.3 is 5.11 Å². The van der Waals surface area contributed by atoms with Crippen molar-refractivity contribution < 1.29 is 9.90 Å². The summed E-state index contributed by atoms with van der Waals surface area (Å²) in [6.07, 6.45) is 4.41. The maximum absolute atomic E-state index is 10.7. The van der Waals surface area contributed by atoms with Crippen LogP contribution in [-0.2, 0) is 4.79 Å². The molecule has 0 radical (unpaired) electrons. The van der Waals surface area contributed by atoms with E-state index < -0.39 is 5.97 Å². The smallest absolute Gasteiger partial charge is 0.306 e. The molecule has 0 aromatic heterocycles. The van der Waals surface area contributed by atoms with Crippen LogP contribution in [0.15, 0.2) is 0 Å². The summed E-state index contributed by atoms with van der Waals surface area (Å²) in [6, 6.07) is 0. The standard InChI is InChI=1S/C12H20O2/c1-11(2,3)9-6-12(7-9)4-8(5-12)10(13)14/h8-9H,4-7H2,1-3H3,(H,13,14). The molecule has 0 heterocycles. The minimum absolute atomic E-state index is 0.0316. The van der Waals surface area contributed by atoms with Crippen LogP contribution in [0.4, 0.5) is 0 Å². The van der Waals surface area contributed by atoms with E-state index in [1.54, 1.807) is 0 Å². The highest BCUT2D eigenvalue weighted by molar-refractivity contribution is 5.71. The Labute approximate surface area is 85.7 Å². The Morgan fingerprint density at radius 3 is 2.07 bits per heavy atom. The van der Waals surface area contributed by atoms with Crippen molar-refractivity contribution in [2.45, 2.75) is 46.5 Å². The summed E-state index contributed by atoms with van der Waals surface area (Å²) in [5.41, 5.74) is 0.862. The van der Waals surface area contributed by atoms with E-state index in [9.17, 15) is 4.79 Å². The first-order valence-corrected chi connectivity index (χ1v) is 5.55. The molecule has 0 aromatic carbocycles. The van der Waals surface area contributed by atoms with Crippen LogP contribution in [0.3, 0.4) is 0 Å². The normalized spacial score (nSPS) is 41.6. The SMILES string of the molecule is CC(C)(C)C1CC2(CC(C(=O)O)C2)C1. The Morgan fingerprint density at radius 2 is 1.71 bits per heavy atom. The van der Waals surface area contributed by atoms with E-state index in [-0.39, 0.29) is 5.92 Å². The number of carboxylic acids is 1. The van der Waals surface area contributed by atoms with Crippen molar-refractivity contribution in [2.24, 2.45) is 22.7 Å². The molecule has 2 fully saturated rings. The topological polar surface area (TPSA) is 37.3 Å². The highest BCUT2D eigenvalue weighted by Gasteiger charge is 2.56. The van der Waals surface area contributed by atoms with Gasteiger partial charge in [-0.15, -0.1) is 0 Å². The quantitative estimate of drug-likeness (QED) is 0.700. The fourth-order valence-electron chi connectivity index (χ4n) is 3.09. The third kappa shape index (κ3) is 1.45. The number of carbonyl (C=O) groups is 1. The second kappa shape index (κ2) is 2.74. The average molecular weight is 196 g/mol. The van der Waals surface area contributed by atoms with Crippen molar-refractivity contribution >= 4 is 5.97 Å². The molecule has 0 unspecified atom stereocenters. The molecule has 2 heteroatoms. The summed E-state index contributed by atoms with van der Waals surface area (Å²) < 4.78 is 0. The number of hydrogen-bond acceptors (Lipinski definition) is 1. The Kier molecular flexibility index (Phi) is 1.96. The minimum Gasteiger partial charge on any atom is -0.481 e. The zero-order valence-electron chi connectivity index (χ0n) is 9.34. The van der Waals surface area contributed by atoms with Gasteiger partial charge in [0.25, 0.3) is 0 Å². The summed E-state index contributed by atoms with van der Waals surface area (Å²) in [7, 11) is 0. The average Bonchev–Trinajstić information content (AvgIpc) is 1.74. The van der Waals surface area contributed by atoms with Crippen molar-refractivity contribution in [3.05, 3.63) is 0 Å². The van der Waals surface area contributed by atoms with E-state index in [0.29, 0.717) is 10.8 Å². The summed E-state index contributed by atoms with van der Waals surface area (Å²) >= 11 is 0. The monoisotopic (exact) mass is 196 g/mol. The van der Waals surface area contributed by atoms with Crippen molar-refractivity contribution in [1.82, 2.24) is 0 Å². The van der Waals surface area contributed by atoms with Crippen LogP contribution >= 0.6 is 0 Å². The molecule has 14 heavy (non-hydrogen) atoms. The predicted octanol–water partition coefficient (Wildman–Crippen LogP) is 2.92. The van der Waals surface area contributed by atoms with Crippen molar-refractivity contribution in [3.8, 4) is 0 Å². The molecule has 0 atom stereocenters. The molecule has 80 valence electrons. The molecule has 0 aromatic rings. The predicted molar refractivity (Wildman–Crippen MR) is 55.0 cm³/mol. The van der Waals surface area contributed by atoms with Gasteiger partial charge in [0.1, 0.15) is 0 Å². The molecule has 2 aliphatic rings. The number of carboxylic acid groups (broad SMARTS) is 1. The first-order valence-electron chi connectivity index (χ1n) is 5.55. The summed E-state index contributed by atoms with van der Waals surface area (Å²) in [5.74, 6) is 0.197. The van der Waals surface area contributed by atoms with Crippen LogP contribution in [0.25, 0.3) is 0 Å². The van der Waals surface area contributed by atoms with E-state index in [0.717, 1.165) is 18.8 Å². The third-order valence-corrected chi connectivity index (χ3v) is 4.29. The van der Waals surface area contributed by atoms with E-state index in [4.69, 9.17) is 5.11 Å². The zero-order chi connectivity index (χ0) is 10.6. The van der Waals surface area contributed by atoms with Crippen molar-refractivity contribution in [2.75, 3.05) is 0 Å². The van der Waals surface area contributed by atoms with Gasteiger partial charge in [-0.05, 0) is 42.4 Å². The maximum Gasteiger partial charge on any atom is 0.306 e. The molecule has 1 spiro atoms. The lowest BCUT2D eigenvalue weighted by Gasteiger charge is -2.60.